The molecule has 0 saturated carbocycles. The van der Waals surface area contributed by atoms with Crippen molar-refractivity contribution in [1.29, 1.82) is 0 Å². The fourth-order valence-electron chi connectivity index (χ4n) is 2.23. The van der Waals surface area contributed by atoms with Gasteiger partial charge < -0.3 is 19.7 Å². The standard InChI is InChI=1S/C13H13NO3/c14-5-1-2-8-9-3-6-17-13(9)11(15)10-4-7-16-12(8)10/h3-4,6-7,15H,1-2,5,14H2. The minimum atomic E-state index is 0.144. The molecule has 4 nitrogen and oxygen atoms in total. The topological polar surface area (TPSA) is 72.5 Å². The Morgan fingerprint density at radius 2 is 1.76 bits per heavy atom. The molecule has 4 heteroatoms. The first-order chi connectivity index (χ1) is 8.33. The molecule has 1 aromatic carbocycles. The smallest absolute Gasteiger partial charge is 0.176 e. The molecule has 0 atom stereocenters. The van der Waals surface area contributed by atoms with Gasteiger partial charge in [-0.2, -0.15) is 0 Å². The molecule has 17 heavy (non-hydrogen) atoms. The summed E-state index contributed by atoms with van der Waals surface area (Å²) in [6.07, 6.45) is 4.85. The van der Waals surface area contributed by atoms with Crippen LogP contribution in [0.15, 0.2) is 33.5 Å². The number of benzene rings is 1. The van der Waals surface area contributed by atoms with Gasteiger partial charge in [0.1, 0.15) is 5.58 Å². The predicted octanol–water partition coefficient (Wildman–Crippen LogP) is 2.78. The van der Waals surface area contributed by atoms with Crippen LogP contribution in [0.2, 0.25) is 0 Å². The number of hydrogen-bond acceptors (Lipinski definition) is 4. The Hall–Kier alpha value is -1.94. The van der Waals surface area contributed by atoms with Crippen LogP contribution >= 0.6 is 0 Å². The number of fused-ring (bicyclic) bond motifs is 2. The van der Waals surface area contributed by atoms with E-state index < -0.39 is 0 Å². The third kappa shape index (κ3) is 1.41. The number of aryl methyl sites for hydroxylation is 1. The molecule has 2 aromatic heterocycles. The van der Waals surface area contributed by atoms with Crippen molar-refractivity contribution in [3.05, 3.63) is 30.2 Å². The van der Waals surface area contributed by atoms with Gasteiger partial charge in [0, 0.05) is 10.9 Å². The number of hydrogen-bond donors (Lipinski definition) is 2. The fourth-order valence-corrected chi connectivity index (χ4v) is 2.23. The second-order valence-electron chi connectivity index (χ2n) is 4.05. The van der Waals surface area contributed by atoms with Crippen LogP contribution < -0.4 is 5.73 Å². The highest BCUT2D eigenvalue weighted by atomic mass is 16.4. The molecule has 0 saturated heterocycles. The number of nitrogens with two attached hydrogens (primary N) is 1. The van der Waals surface area contributed by atoms with E-state index in [4.69, 9.17) is 14.6 Å². The van der Waals surface area contributed by atoms with Crippen LogP contribution in [0.1, 0.15) is 12.0 Å². The molecule has 2 heterocycles. The van der Waals surface area contributed by atoms with Gasteiger partial charge in [-0.15, -0.1) is 0 Å². The van der Waals surface area contributed by atoms with Crippen molar-refractivity contribution in [2.45, 2.75) is 12.8 Å². The van der Waals surface area contributed by atoms with Gasteiger partial charge in [0.15, 0.2) is 11.3 Å². The maximum Gasteiger partial charge on any atom is 0.176 e. The molecule has 0 bridgehead atoms. The van der Waals surface area contributed by atoms with Gasteiger partial charge in [0.25, 0.3) is 0 Å². The summed E-state index contributed by atoms with van der Waals surface area (Å²) in [4.78, 5) is 0. The average Bonchev–Trinajstić information content (AvgIpc) is 2.97. The van der Waals surface area contributed by atoms with Crippen LogP contribution in [-0.4, -0.2) is 11.7 Å². The Balaban J connectivity index is 2.35. The largest absolute Gasteiger partial charge is 0.504 e. The van der Waals surface area contributed by atoms with Gasteiger partial charge >= 0.3 is 0 Å². The third-order valence-electron chi connectivity index (χ3n) is 3.03. The highest BCUT2D eigenvalue weighted by Gasteiger charge is 2.17. The maximum absolute atomic E-state index is 10.1. The van der Waals surface area contributed by atoms with Gasteiger partial charge in [0.2, 0.25) is 0 Å². The number of rotatable bonds is 3. The van der Waals surface area contributed by atoms with Crippen molar-refractivity contribution in [1.82, 2.24) is 0 Å². The molecule has 0 spiro atoms. The summed E-state index contributed by atoms with van der Waals surface area (Å²) in [6, 6.07) is 3.60. The average molecular weight is 231 g/mol. The molecular weight excluding hydrogens is 218 g/mol. The van der Waals surface area contributed by atoms with E-state index in [9.17, 15) is 5.11 Å². The Kier molecular flexibility index (Phi) is 2.30. The number of phenols is 1. The van der Waals surface area contributed by atoms with Crippen molar-refractivity contribution in [2.24, 2.45) is 5.73 Å². The highest BCUT2D eigenvalue weighted by molar-refractivity contribution is 6.03. The van der Waals surface area contributed by atoms with Crippen molar-refractivity contribution >= 4 is 21.9 Å². The first-order valence-electron chi connectivity index (χ1n) is 5.61. The molecule has 88 valence electrons. The minimum Gasteiger partial charge on any atom is -0.504 e. The van der Waals surface area contributed by atoms with Crippen molar-refractivity contribution in [2.75, 3.05) is 6.54 Å². The van der Waals surface area contributed by atoms with Gasteiger partial charge in [-0.3, -0.25) is 0 Å². The lowest BCUT2D eigenvalue weighted by molar-refractivity contribution is 0.470. The lowest BCUT2D eigenvalue weighted by atomic mass is 10.0. The lowest BCUT2D eigenvalue weighted by Crippen LogP contribution is -2.00. The second-order valence-corrected chi connectivity index (χ2v) is 4.05. The van der Waals surface area contributed by atoms with Crippen LogP contribution in [0.5, 0.6) is 5.75 Å². The summed E-state index contributed by atoms with van der Waals surface area (Å²) in [6.45, 7) is 0.627. The number of aromatic hydroxyl groups is 1. The van der Waals surface area contributed by atoms with E-state index in [0.29, 0.717) is 17.5 Å². The molecule has 0 aliphatic carbocycles. The number of furan rings is 2. The Morgan fingerprint density at radius 1 is 1.06 bits per heavy atom. The summed E-state index contributed by atoms with van der Waals surface area (Å²) >= 11 is 0. The molecule has 0 aliphatic heterocycles. The van der Waals surface area contributed by atoms with Crippen LogP contribution in [0.4, 0.5) is 0 Å². The van der Waals surface area contributed by atoms with Crippen LogP contribution in [0.3, 0.4) is 0 Å². The molecule has 0 radical (unpaired) electrons. The van der Waals surface area contributed by atoms with E-state index >= 15 is 0 Å². The summed E-state index contributed by atoms with van der Waals surface area (Å²) in [5.41, 5.74) is 7.84. The van der Waals surface area contributed by atoms with E-state index in [1.54, 1.807) is 18.6 Å². The predicted molar refractivity (Wildman–Crippen MR) is 65.0 cm³/mol. The molecular formula is C13H13NO3. The lowest BCUT2D eigenvalue weighted by Gasteiger charge is -2.05. The van der Waals surface area contributed by atoms with E-state index in [2.05, 4.69) is 0 Å². The zero-order chi connectivity index (χ0) is 11.8. The quantitative estimate of drug-likeness (QED) is 0.727. The van der Waals surface area contributed by atoms with Gasteiger partial charge in [0.05, 0.1) is 17.9 Å². The summed E-state index contributed by atoms with van der Waals surface area (Å²) in [5, 5.41) is 11.7. The maximum atomic E-state index is 10.1. The highest BCUT2D eigenvalue weighted by Crippen LogP contribution is 2.38. The second kappa shape index (κ2) is 3.82. The zero-order valence-corrected chi connectivity index (χ0v) is 9.27. The van der Waals surface area contributed by atoms with Gasteiger partial charge in [-0.1, -0.05) is 0 Å². The molecule has 3 aromatic rings. The zero-order valence-electron chi connectivity index (χ0n) is 9.27. The first-order valence-corrected chi connectivity index (χ1v) is 5.61. The Labute approximate surface area is 97.6 Å². The molecule has 3 N–H and O–H groups in total. The van der Waals surface area contributed by atoms with Crippen molar-refractivity contribution < 1.29 is 13.9 Å². The SMILES string of the molecule is NCCCc1c2ccoc2c(O)c2ccoc12. The number of phenolic OH excluding ortho intramolecular Hbond substituents is 1. The van der Waals surface area contributed by atoms with Crippen LogP contribution in [0, 0.1) is 0 Å². The van der Waals surface area contributed by atoms with E-state index in [0.717, 1.165) is 29.4 Å². The monoisotopic (exact) mass is 231 g/mol. The summed E-state index contributed by atoms with van der Waals surface area (Å²) in [5.74, 6) is 0.144. The van der Waals surface area contributed by atoms with Crippen LogP contribution in [-0.2, 0) is 6.42 Å². The molecule has 0 fully saturated rings. The minimum absolute atomic E-state index is 0.144. The van der Waals surface area contributed by atoms with E-state index in [1.807, 2.05) is 6.07 Å². The summed E-state index contributed by atoms with van der Waals surface area (Å²) in [7, 11) is 0. The van der Waals surface area contributed by atoms with Gasteiger partial charge in [-0.25, -0.2) is 0 Å². The molecule has 0 amide bonds. The Bertz CT molecular complexity index is 614. The summed E-state index contributed by atoms with van der Waals surface area (Å²) < 4.78 is 10.8. The van der Waals surface area contributed by atoms with E-state index in [1.165, 1.54) is 0 Å². The van der Waals surface area contributed by atoms with Crippen molar-refractivity contribution in [3.63, 3.8) is 0 Å². The molecule has 3 rings (SSSR count). The van der Waals surface area contributed by atoms with Crippen LogP contribution in [0.25, 0.3) is 21.9 Å². The molecule has 0 unspecified atom stereocenters. The third-order valence-corrected chi connectivity index (χ3v) is 3.03. The van der Waals surface area contributed by atoms with E-state index in [-0.39, 0.29) is 5.75 Å². The normalized spacial score (nSPS) is 11.6. The Morgan fingerprint density at radius 3 is 2.53 bits per heavy atom. The van der Waals surface area contributed by atoms with Crippen molar-refractivity contribution in [3.8, 4) is 5.75 Å². The first kappa shape index (κ1) is 10.2. The van der Waals surface area contributed by atoms with Gasteiger partial charge in [-0.05, 0) is 31.5 Å². The fraction of sp³-hybridized carbons (Fsp3) is 0.231. The molecule has 0 aliphatic rings.